The summed E-state index contributed by atoms with van der Waals surface area (Å²) in [6, 6.07) is 1.99. The summed E-state index contributed by atoms with van der Waals surface area (Å²) in [6.45, 7) is 7.44. The number of rotatable bonds is 7. The average molecular weight is 260 g/mol. The molecule has 0 spiro atoms. The Morgan fingerprint density at radius 3 is 3.00 bits per heavy atom. The van der Waals surface area contributed by atoms with Gasteiger partial charge in [0.25, 0.3) is 0 Å². The molecule has 0 aliphatic heterocycles. The van der Waals surface area contributed by atoms with Gasteiger partial charge in [0, 0.05) is 37.7 Å². The van der Waals surface area contributed by atoms with Crippen LogP contribution in [0.4, 0.5) is 5.69 Å². The van der Waals surface area contributed by atoms with E-state index in [1.165, 1.54) is 0 Å². The summed E-state index contributed by atoms with van der Waals surface area (Å²) in [5.74, 6) is 0.975. The number of hydrogen-bond donors (Lipinski definition) is 2. The third-order valence-corrected chi connectivity index (χ3v) is 2.92. The van der Waals surface area contributed by atoms with E-state index in [4.69, 9.17) is 0 Å². The Bertz CT molecular complexity index is 507. The van der Waals surface area contributed by atoms with Gasteiger partial charge in [0.2, 0.25) is 0 Å². The van der Waals surface area contributed by atoms with Gasteiger partial charge in [0.1, 0.15) is 12.2 Å². The minimum absolute atomic E-state index is 0.741. The molecule has 0 unspecified atom stereocenters. The van der Waals surface area contributed by atoms with Crippen molar-refractivity contribution in [1.82, 2.24) is 25.1 Å². The van der Waals surface area contributed by atoms with Gasteiger partial charge < -0.3 is 10.6 Å². The Balaban J connectivity index is 1.69. The number of aryl methyl sites for hydroxylation is 2. The highest BCUT2D eigenvalue weighted by atomic mass is 15.3. The average Bonchev–Trinajstić information content (AvgIpc) is 2.88. The first-order chi connectivity index (χ1) is 9.31. The van der Waals surface area contributed by atoms with Crippen molar-refractivity contribution in [3.8, 4) is 0 Å². The Morgan fingerprint density at radius 2 is 2.21 bits per heavy atom. The summed E-state index contributed by atoms with van der Waals surface area (Å²) >= 11 is 0. The van der Waals surface area contributed by atoms with Crippen LogP contribution in [-0.4, -0.2) is 32.8 Å². The zero-order valence-corrected chi connectivity index (χ0v) is 11.4. The molecule has 0 bridgehead atoms. The molecule has 102 valence electrons. The van der Waals surface area contributed by atoms with E-state index >= 15 is 0 Å². The van der Waals surface area contributed by atoms with Gasteiger partial charge in [0.15, 0.2) is 0 Å². The molecule has 6 heteroatoms. The highest BCUT2D eigenvalue weighted by Crippen LogP contribution is 2.10. The van der Waals surface area contributed by atoms with Crippen LogP contribution in [0.15, 0.2) is 24.8 Å². The molecule has 0 amide bonds. The highest BCUT2D eigenvalue weighted by Gasteiger charge is 2.01. The molecule has 2 rings (SSSR count). The molecule has 0 saturated heterocycles. The molecular formula is C13H20N6. The van der Waals surface area contributed by atoms with E-state index in [1.807, 2.05) is 23.9 Å². The number of anilines is 1. The lowest BCUT2D eigenvalue weighted by Gasteiger charge is -2.09. The van der Waals surface area contributed by atoms with Crippen molar-refractivity contribution in [1.29, 1.82) is 0 Å². The topological polar surface area (TPSA) is 67.7 Å². The van der Waals surface area contributed by atoms with Gasteiger partial charge in [-0.05, 0) is 25.5 Å². The number of pyridine rings is 1. The van der Waals surface area contributed by atoms with Crippen molar-refractivity contribution in [2.75, 3.05) is 18.4 Å². The fourth-order valence-electron chi connectivity index (χ4n) is 1.85. The molecule has 2 aromatic rings. The maximum Gasteiger partial charge on any atom is 0.140 e. The summed E-state index contributed by atoms with van der Waals surface area (Å²) in [6.07, 6.45) is 5.26. The first-order valence-corrected chi connectivity index (χ1v) is 6.53. The zero-order valence-electron chi connectivity index (χ0n) is 11.4. The monoisotopic (exact) mass is 260 g/mol. The molecule has 2 aromatic heterocycles. The quantitative estimate of drug-likeness (QED) is 0.732. The van der Waals surface area contributed by atoms with E-state index in [1.54, 1.807) is 12.5 Å². The van der Waals surface area contributed by atoms with Crippen LogP contribution in [0.5, 0.6) is 0 Å². The van der Waals surface area contributed by atoms with Crippen LogP contribution in [0, 0.1) is 6.92 Å². The van der Waals surface area contributed by atoms with Crippen LogP contribution in [0.25, 0.3) is 0 Å². The van der Waals surface area contributed by atoms with E-state index < -0.39 is 0 Å². The molecule has 0 fully saturated rings. The SMILES string of the molecule is CCn1ncnc1CNCCNc1ccncc1C. The second-order valence-electron chi connectivity index (χ2n) is 4.29. The van der Waals surface area contributed by atoms with Gasteiger partial charge in [-0.1, -0.05) is 0 Å². The van der Waals surface area contributed by atoms with Crippen molar-refractivity contribution in [2.24, 2.45) is 0 Å². The van der Waals surface area contributed by atoms with E-state index in [2.05, 4.69) is 32.6 Å². The maximum atomic E-state index is 4.22. The number of nitrogens with one attached hydrogen (secondary N) is 2. The van der Waals surface area contributed by atoms with Crippen LogP contribution < -0.4 is 10.6 Å². The largest absolute Gasteiger partial charge is 0.383 e. The number of aromatic nitrogens is 4. The summed E-state index contributed by atoms with van der Waals surface area (Å²) in [7, 11) is 0. The van der Waals surface area contributed by atoms with Gasteiger partial charge in [-0.3, -0.25) is 4.98 Å². The molecule has 0 aliphatic carbocycles. The summed E-state index contributed by atoms with van der Waals surface area (Å²) in [4.78, 5) is 8.29. The van der Waals surface area contributed by atoms with Gasteiger partial charge in [0.05, 0.1) is 6.54 Å². The predicted molar refractivity (Wildman–Crippen MR) is 74.9 cm³/mol. The van der Waals surface area contributed by atoms with E-state index in [-0.39, 0.29) is 0 Å². The third kappa shape index (κ3) is 3.75. The van der Waals surface area contributed by atoms with Crippen molar-refractivity contribution in [3.05, 3.63) is 36.2 Å². The second-order valence-corrected chi connectivity index (χ2v) is 4.29. The number of nitrogens with zero attached hydrogens (tertiary/aromatic N) is 4. The van der Waals surface area contributed by atoms with Crippen LogP contribution in [0.1, 0.15) is 18.3 Å². The fourth-order valence-corrected chi connectivity index (χ4v) is 1.85. The van der Waals surface area contributed by atoms with Gasteiger partial charge in [-0.2, -0.15) is 5.10 Å². The minimum Gasteiger partial charge on any atom is -0.383 e. The first-order valence-electron chi connectivity index (χ1n) is 6.53. The summed E-state index contributed by atoms with van der Waals surface area (Å²) in [5.41, 5.74) is 2.29. The van der Waals surface area contributed by atoms with Crippen molar-refractivity contribution in [2.45, 2.75) is 26.9 Å². The molecule has 0 saturated carbocycles. The van der Waals surface area contributed by atoms with Crippen molar-refractivity contribution >= 4 is 5.69 Å². The van der Waals surface area contributed by atoms with E-state index in [0.717, 1.165) is 43.3 Å². The minimum atomic E-state index is 0.741. The Hall–Kier alpha value is -1.95. The highest BCUT2D eigenvalue weighted by molar-refractivity contribution is 5.48. The lowest BCUT2D eigenvalue weighted by atomic mass is 10.2. The maximum absolute atomic E-state index is 4.22. The fraction of sp³-hybridized carbons (Fsp3) is 0.462. The normalized spacial score (nSPS) is 10.6. The van der Waals surface area contributed by atoms with Gasteiger partial charge in [-0.25, -0.2) is 9.67 Å². The molecule has 0 radical (unpaired) electrons. The Labute approximate surface area is 113 Å². The predicted octanol–water partition coefficient (Wildman–Crippen LogP) is 1.20. The first kappa shape index (κ1) is 13.5. The van der Waals surface area contributed by atoms with E-state index in [9.17, 15) is 0 Å². The molecule has 0 aliphatic rings. The van der Waals surface area contributed by atoms with Crippen LogP contribution in [-0.2, 0) is 13.1 Å². The Kier molecular flexibility index (Phi) is 4.85. The Morgan fingerprint density at radius 1 is 1.32 bits per heavy atom. The standard InChI is InChI=1S/C13H20N6/c1-3-19-13(17-10-18-19)9-15-6-7-16-12-4-5-14-8-11(12)2/h4-5,8,10,15H,3,6-7,9H2,1-2H3,(H,14,16). The molecular weight excluding hydrogens is 240 g/mol. The van der Waals surface area contributed by atoms with Crippen LogP contribution >= 0.6 is 0 Å². The van der Waals surface area contributed by atoms with Crippen molar-refractivity contribution in [3.63, 3.8) is 0 Å². The summed E-state index contributed by atoms with van der Waals surface area (Å²) in [5, 5.41) is 10.9. The molecule has 6 nitrogen and oxygen atoms in total. The third-order valence-electron chi connectivity index (χ3n) is 2.92. The van der Waals surface area contributed by atoms with Gasteiger partial charge in [-0.15, -0.1) is 0 Å². The lowest BCUT2D eigenvalue weighted by Crippen LogP contribution is -2.24. The van der Waals surface area contributed by atoms with Gasteiger partial charge >= 0.3 is 0 Å². The summed E-state index contributed by atoms with van der Waals surface area (Å²) < 4.78 is 1.90. The van der Waals surface area contributed by atoms with E-state index in [0.29, 0.717) is 0 Å². The van der Waals surface area contributed by atoms with Crippen LogP contribution in [0.3, 0.4) is 0 Å². The lowest BCUT2D eigenvalue weighted by molar-refractivity contribution is 0.577. The van der Waals surface area contributed by atoms with Crippen molar-refractivity contribution < 1.29 is 0 Å². The van der Waals surface area contributed by atoms with Crippen LogP contribution in [0.2, 0.25) is 0 Å². The molecule has 2 N–H and O–H groups in total. The smallest absolute Gasteiger partial charge is 0.140 e. The second kappa shape index (κ2) is 6.84. The molecule has 2 heterocycles. The molecule has 0 aromatic carbocycles. The number of hydrogen-bond acceptors (Lipinski definition) is 5. The molecule has 19 heavy (non-hydrogen) atoms. The zero-order chi connectivity index (χ0) is 13.5. The molecule has 0 atom stereocenters.